The van der Waals surface area contributed by atoms with Crippen molar-refractivity contribution in [1.29, 1.82) is 0 Å². The Morgan fingerprint density at radius 1 is 1.04 bits per heavy atom. The lowest BCUT2D eigenvalue weighted by Gasteiger charge is -2.19. The van der Waals surface area contributed by atoms with Crippen molar-refractivity contribution in [2.75, 3.05) is 6.61 Å². The SMILES string of the molecule is CCCCC[C@H](O)C=C[C@@H]1[C@@H](CC=CCCC(O)CO)[C@@H](O)C[C@H]1O. The molecule has 0 aromatic rings. The zero-order valence-corrected chi connectivity index (χ0v) is 15.4. The van der Waals surface area contributed by atoms with Gasteiger partial charge in [0.15, 0.2) is 0 Å². The normalized spacial score (nSPS) is 29.7. The van der Waals surface area contributed by atoms with E-state index in [0.717, 1.165) is 25.7 Å². The van der Waals surface area contributed by atoms with Crippen molar-refractivity contribution in [3.05, 3.63) is 24.3 Å². The van der Waals surface area contributed by atoms with Crippen LogP contribution in [0.3, 0.4) is 0 Å². The molecular formula is C20H36O5. The Bertz CT molecular complexity index is 396. The van der Waals surface area contributed by atoms with Gasteiger partial charge in [-0.3, -0.25) is 0 Å². The summed E-state index contributed by atoms with van der Waals surface area (Å²) >= 11 is 0. The van der Waals surface area contributed by atoms with Gasteiger partial charge < -0.3 is 25.5 Å². The summed E-state index contributed by atoms with van der Waals surface area (Å²) in [5.41, 5.74) is 0. The molecule has 5 N–H and O–H groups in total. The second-order valence-electron chi connectivity index (χ2n) is 7.18. The largest absolute Gasteiger partial charge is 0.394 e. The molecule has 1 aliphatic carbocycles. The molecule has 0 heterocycles. The number of unbranched alkanes of at least 4 members (excludes halogenated alkanes) is 2. The minimum Gasteiger partial charge on any atom is -0.394 e. The molecule has 5 nitrogen and oxygen atoms in total. The predicted molar refractivity (Wildman–Crippen MR) is 99.0 cm³/mol. The fourth-order valence-electron chi connectivity index (χ4n) is 3.41. The summed E-state index contributed by atoms with van der Waals surface area (Å²) in [6, 6.07) is 0. The third-order valence-electron chi connectivity index (χ3n) is 5.03. The maximum Gasteiger partial charge on any atom is 0.0773 e. The van der Waals surface area contributed by atoms with E-state index in [9.17, 15) is 20.4 Å². The molecule has 0 aromatic heterocycles. The van der Waals surface area contributed by atoms with Crippen LogP contribution in [0, 0.1) is 11.8 Å². The van der Waals surface area contributed by atoms with E-state index in [1.54, 1.807) is 6.08 Å². The summed E-state index contributed by atoms with van der Waals surface area (Å²) < 4.78 is 0. The van der Waals surface area contributed by atoms with E-state index in [4.69, 9.17) is 5.11 Å². The molecule has 1 rings (SSSR count). The van der Waals surface area contributed by atoms with Crippen LogP contribution in [-0.4, -0.2) is 56.6 Å². The summed E-state index contributed by atoms with van der Waals surface area (Å²) in [6.07, 6.45) is 11.4. The topological polar surface area (TPSA) is 101 Å². The van der Waals surface area contributed by atoms with E-state index in [0.29, 0.717) is 25.7 Å². The number of hydrogen-bond donors (Lipinski definition) is 5. The van der Waals surface area contributed by atoms with E-state index in [1.807, 2.05) is 18.2 Å². The highest BCUT2D eigenvalue weighted by atomic mass is 16.3. The van der Waals surface area contributed by atoms with Gasteiger partial charge >= 0.3 is 0 Å². The second kappa shape index (κ2) is 12.6. The number of allylic oxidation sites excluding steroid dienone is 2. The van der Waals surface area contributed by atoms with Crippen LogP contribution < -0.4 is 0 Å². The van der Waals surface area contributed by atoms with Crippen LogP contribution in [0.15, 0.2) is 24.3 Å². The lowest BCUT2D eigenvalue weighted by atomic mass is 9.89. The Kier molecular flexibility index (Phi) is 11.3. The Labute approximate surface area is 151 Å². The van der Waals surface area contributed by atoms with Gasteiger partial charge in [0, 0.05) is 12.3 Å². The molecular weight excluding hydrogens is 320 g/mol. The maximum atomic E-state index is 10.2. The van der Waals surface area contributed by atoms with Gasteiger partial charge in [0.1, 0.15) is 0 Å². The van der Waals surface area contributed by atoms with Crippen molar-refractivity contribution in [1.82, 2.24) is 0 Å². The fraction of sp³-hybridized carbons (Fsp3) is 0.800. The van der Waals surface area contributed by atoms with Crippen LogP contribution in [0.5, 0.6) is 0 Å². The summed E-state index contributed by atoms with van der Waals surface area (Å²) in [6.45, 7) is 1.90. The van der Waals surface area contributed by atoms with Gasteiger partial charge in [-0.2, -0.15) is 0 Å². The lowest BCUT2D eigenvalue weighted by molar-refractivity contribution is 0.0891. The quantitative estimate of drug-likeness (QED) is 0.272. The molecule has 1 saturated carbocycles. The lowest BCUT2D eigenvalue weighted by Crippen LogP contribution is -2.20. The average Bonchev–Trinajstić information content (AvgIpc) is 2.85. The highest BCUT2D eigenvalue weighted by molar-refractivity contribution is 5.06. The molecule has 0 aliphatic heterocycles. The van der Waals surface area contributed by atoms with Crippen molar-refractivity contribution in [3.63, 3.8) is 0 Å². The number of aliphatic hydroxyl groups is 5. The van der Waals surface area contributed by atoms with E-state index in [2.05, 4.69) is 6.92 Å². The van der Waals surface area contributed by atoms with Gasteiger partial charge in [-0.1, -0.05) is 50.5 Å². The zero-order chi connectivity index (χ0) is 18.7. The molecule has 1 aliphatic rings. The summed E-state index contributed by atoms with van der Waals surface area (Å²) in [7, 11) is 0. The standard InChI is InChI=1S/C20H36O5/c1-2-3-5-8-15(22)11-12-18-17(19(24)13-20(18)25)10-7-4-6-9-16(23)14-21/h4,7,11-12,15-25H,2-3,5-6,8-10,13-14H2,1H3/t15-,16?,17+,18+,19-,20+/m0/s1. The molecule has 146 valence electrons. The molecule has 5 heteroatoms. The Balaban J connectivity index is 2.48. The van der Waals surface area contributed by atoms with Crippen LogP contribution in [-0.2, 0) is 0 Å². The molecule has 0 radical (unpaired) electrons. The van der Waals surface area contributed by atoms with E-state index in [-0.39, 0.29) is 18.4 Å². The first-order valence-corrected chi connectivity index (χ1v) is 9.66. The van der Waals surface area contributed by atoms with Crippen molar-refractivity contribution in [3.8, 4) is 0 Å². The molecule has 25 heavy (non-hydrogen) atoms. The summed E-state index contributed by atoms with van der Waals surface area (Å²) in [5, 5.41) is 48.4. The van der Waals surface area contributed by atoms with Crippen molar-refractivity contribution < 1.29 is 25.5 Å². The van der Waals surface area contributed by atoms with Crippen molar-refractivity contribution in [2.45, 2.75) is 82.7 Å². The first-order chi connectivity index (χ1) is 12.0. The van der Waals surface area contributed by atoms with Crippen LogP contribution in [0.4, 0.5) is 0 Å². The van der Waals surface area contributed by atoms with Gasteiger partial charge in [0.05, 0.1) is 31.0 Å². The van der Waals surface area contributed by atoms with Crippen molar-refractivity contribution in [2.24, 2.45) is 11.8 Å². The van der Waals surface area contributed by atoms with Gasteiger partial charge in [0.2, 0.25) is 0 Å². The first-order valence-electron chi connectivity index (χ1n) is 9.66. The number of rotatable bonds is 12. The third kappa shape index (κ3) is 8.47. The molecule has 0 amide bonds. The first kappa shape index (κ1) is 22.3. The Morgan fingerprint density at radius 2 is 1.80 bits per heavy atom. The Hall–Kier alpha value is -0.720. The molecule has 0 saturated heterocycles. The van der Waals surface area contributed by atoms with Crippen LogP contribution in [0.1, 0.15) is 58.3 Å². The maximum absolute atomic E-state index is 10.2. The van der Waals surface area contributed by atoms with E-state index >= 15 is 0 Å². The highest BCUT2D eigenvalue weighted by Crippen LogP contribution is 2.36. The molecule has 0 spiro atoms. The molecule has 1 fully saturated rings. The number of aliphatic hydroxyl groups excluding tert-OH is 5. The summed E-state index contributed by atoms with van der Waals surface area (Å²) in [4.78, 5) is 0. The molecule has 1 unspecified atom stereocenters. The van der Waals surface area contributed by atoms with Crippen LogP contribution in [0.2, 0.25) is 0 Å². The third-order valence-corrected chi connectivity index (χ3v) is 5.03. The zero-order valence-electron chi connectivity index (χ0n) is 15.4. The predicted octanol–water partition coefficient (Wildman–Crippen LogP) is 1.92. The van der Waals surface area contributed by atoms with E-state index in [1.165, 1.54) is 0 Å². The highest BCUT2D eigenvalue weighted by Gasteiger charge is 2.39. The minimum absolute atomic E-state index is 0.0619. The van der Waals surface area contributed by atoms with Gasteiger partial charge in [0.25, 0.3) is 0 Å². The smallest absolute Gasteiger partial charge is 0.0773 e. The van der Waals surface area contributed by atoms with Crippen LogP contribution in [0.25, 0.3) is 0 Å². The fourth-order valence-corrected chi connectivity index (χ4v) is 3.41. The van der Waals surface area contributed by atoms with Crippen LogP contribution >= 0.6 is 0 Å². The van der Waals surface area contributed by atoms with Gasteiger partial charge in [-0.25, -0.2) is 0 Å². The Morgan fingerprint density at radius 3 is 2.48 bits per heavy atom. The average molecular weight is 357 g/mol. The monoisotopic (exact) mass is 356 g/mol. The van der Waals surface area contributed by atoms with E-state index < -0.39 is 24.4 Å². The van der Waals surface area contributed by atoms with Crippen molar-refractivity contribution >= 4 is 0 Å². The van der Waals surface area contributed by atoms with Gasteiger partial charge in [-0.15, -0.1) is 0 Å². The molecule has 0 aromatic carbocycles. The number of hydrogen-bond acceptors (Lipinski definition) is 5. The summed E-state index contributed by atoms with van der Waals surface area (Å²) in [5.74, 6) is -0.211. The van der Waals surface area contributed by atoms with Gasteiger partial charge in [-0.05, 0) is 31.6 Å². The minimum atomic E-state index is -0.687. The molecule has 0 bridgehead atoms. The molecule has 6 atom stereocenters. The second-order valence-corrected chi connectivity index (χ2v) is 7.18.